The zero-order valence-corrected chi connectivity index (χ0v) is 10.4. The lowest BCUT2D eigenvalue weighted by Gasteiger charge is -2.30. The fraction of sp³-hybridized carbons (Fsp3) is 0.200. The number of fused-ring (bicyclic) bond motifs is 1. The van der Waals surface area contributed by atoms with Gasteiger partial charge in [-0.1, -0.05) is 6.07 Å². The van der Waals surface area contributed by atoms with E-state index >= 15 is 0 Å². The number of benzene rings is 2. The van der Waals surface area contributed by atoms with Crippen molar-refractivity contribution >= 4 is 0 Å². The van der Waals surface area contributed by atoms with Crippen LogP contribution >= 0.6 is 0 Å². The number of phenolic OH excluding ortho intramolecular Hbond substituents is 1. The number of aliphatic hydroxyl groups is 1. The van der Waals surface area contributed by atoms with Crippen molar-refractivity contribution in [2.24, 2.45) is 0 Å². The van der Waals surface area contributed by atoms with Gasteiger partial charge in [-0.15, -0.1) is 0 Å². The summed E-state index contributed by atoms with van der Waals surface area (Å²) in [5, 5.41) is 19.2. The van der Waals surface area contributed by atoms with Gasteiger partial charge in [-0.25, -0.2) is 8.78 Å². The molecule has 0 aliphatic carbocycles. The molecule has 1 heterocycles. The molecule has 0 saturated carbocycles. The van der Waals surface area contributed by atoms with Gasteiger partial charge in [-0.2, -0.15) is 0 Å². The molecular formula is C15H12F2O3. The summed E-state index contributed by atoms with van der Waals surface area (Å²) in [4.78, 5) is 0. The summed E-state index contributed by atoms with van der Waals surface area (Å²) >= 11 is 0. The highest BCUT2D eigenvalue weighted by Crippen LogP contribution is 2.41. The zero-order chi connectivity index (χ0) is 14.3. The molecule has 2 unspecified atom stereocenters. The van der Waals surface area contributed by atoms with E-state index in [4.69, 9.17) is 4.74 Å². The van der Waals surface area contributed by atoms with Gasteiger partial charge >= 0.3 is 0 Å². The monoisotopic (exact) mass is 278 g/mol. The summed E-state index contributed by atoms with van der Waals surface area (Å²) in [6.45, 7) is 0. The predicted octanol–water partition coefficient (Wildman–Crippen LogP) is 3.23. The van der Waals surface area contributed by atoms with Crippen LogP contribution in [0.15, 0.2) is 36.4 Å². The van der Waals surface area contributed by atoms with Gasteiger partial charge in [-0.05, 0) is 29.8 Å². The second-order valence-corrected chi connectivity index (χ2v) is 4.75. The van der Waals surface area contributed by atoms with Crippen LogP contribution in [-0.2, 0) is 0 Å². The molecule has 2 aromatic carbocycles. The minimum Gasteiger partial charge on any atom is -0.505 e. The van der Waals surface area contributed by atoms with E-state index < -0.39 is 29.6 Å². The molecule has 3 nitrogen and oxygen atoms in total. The summed E-state index contributed by atoms with van der Waals surface area (Å²) in [6, 6.07) is 7.81. The fourth-order valence-corrected chi connectivity index (χ4v) is 2.34. The van der Waals surface area contributed by atoms with E-state index in [-0.39, 0.29) is 12.2 Å². The predicted molar refractivity (Wildman–Crippen MR) is 67.4 cm³/mol. The van der Waals surface area contributed by atoms with E-state index in [2.05, 4.69) is 0 Å². The van der Waals surface area contributed by atoms with Crippen LogP contribution in [0.3, 0.4) is 0 Å². The van der Waals surface area contributed by atoms with Crippen molar-refractivity contribution in [3.05, 3.63) is 59.2 Å². The Bertz CT molecular complexity index is 658. The van der Waals surface area contributed by atoms with E-state index in [1.807, 2.05) is 0 Å². The Morgan fingerprint density at radius 2 is 1.90 bits per heavy atom. The lowest BCUT2D eigenvalue weighted by molar-refractivity contribution is 0.0652. The van der Waals surface area contributed by atoms with Crippen LogP contribution in [0, 0.1) is 11.6 Å². The zero-order valence-electron chi connectivity index (χ0n) is 10.4. The number of ether oxygens (including phenoxy) is 1. The maximum atomic E-state index is 13.4. The van der Waals surface area contributed by atoms with Crippen molar-refractivity contribution in [2.75, 3.05) is 0 Å². The topological polar surface area (TPSA) is 49.7 Å². The summed E-state index contributed by atoms with van der Waals surface area (Å²) in [7, 11) is 0. The number of hydrogen-bond donors (Lipinski definition) is 2. The second-order valence-electron chi connectivity index (χ2n) is 4.75. The van der Waals surface area contributed by atoms with Crippen molar-refractivity contribution < 1.29 is 23.7 Å². The Kier molecular flexibility index (Phi) is 3.06. The molecule has 2 aromatic rings. The van der Waals surface area contributed by atoms with Gasteiger partial charge in [0.1, 0.15) is 17.7 Å². The molecule has 1 aliphatic rings. The molecule has 0 amide bonds. The molecule has 2 N–H and O–H groups in total. The Hall–Kier alpha value is -2.14. The molecule has 0 fully saturated rings. The number of rotatable bonds is 1. The van der Waals surface area contributed by atoms with E-state index in [0.717, 1.165) is 6.07 Å². The van der Waals surface area contributed by atoms with E-state index in [1.54, 1.807) is 0 Å². The minimum absolute atomic E-state index is 0.239. The molecule has 0 spiro atoms. The quantitative estimate of drug-likeness (QED) is 0.842. The lowest BCUT2D eigenvalue weighted by atomic mass is 9.95. The number of hydrogen-bond acceptors (Lipinski definition) is 3. The molecule has 0 radical (unpaired) electrons. The van der Waals surface area contributed by atoms with Gasteiger partial charge in [0.25, 0.3) is 0 Å². The van der Waals surface area contributed by atoms with Crippen molar-refractivity contribution in [3.8, 4) is 11.5 Å². The first kappa shape index (κ1) is 12.9. The van der Waals surface area contributed by atoms with Crippen molar-refractivity contribution in [3.63, 3.8) is 0 Å². The first-order valence-electron chi connectivity index (χ1n) is 6.17. The van der Waals surface area contributed by atoms with Gasteiger partial charge < -0.3 is 14.9 Å². The minimum atomic E-state index is -0.804. The summed E-state index contributed by atoms with van der Waals surface area (Å²) in [5.74, 6) is -1.42. The largest absolute Gasteiger partial charge is 0.505 e. The standard InChI is InChI=1S/C15H12F2O3/c16-9-2-3-10-13(19)7-14(20-15(10)6-9)8-1-4-12(18)11(17)5-8/h1-6,13-14,18-19H,7H2. The molecule has 0 bridgehead atoms. The third-order valence-electron chi connectivity index (χ3n) is 3.38. The van der Waals surface area contributed by atoms with Crippen LogP contribution in [0.25, 0.3) is 0 Å². The van der Waals surface area contributed by atoms with Gasteiger partial charge in [0.2, 0.25) is 0 Å². The Morgan fingerprint density at radius 3 is 2.65 bits per heavy atom. The molecule has 2 atom stereocenters. The molecule has 3 rings (SSSR count). The first-order valence-corrected chi connectivity index (χ1v) is 6.17. The van der Waals surface area contributed by atoms with E-state index in [1.165, 1.54) is 30.3 Å². The number of halogens is 2. The number of phenols is 1. The summed E-state index contributed by atoms with van der Waals surface area (Å²) in [6.07, 6.45) is -1.15. The van der Waals surface area contributed by atoms with E-state index in [0.29, 0.717) is 11.1 Å². The van der Waals surface area contributed by atoms with Crippen molar-refractivity contribution in [1.82, 2.24) is 0 Å². The average Bonchev–Trinajstić information content (AvgIpc) is 2.41. The molecule has 5 heteroatoms. The Morgan fingerprint density at radius 1 is 1.10 bits per heavy atom. The lowest BCUT2D eigenvalue weighted by Crippen LogP contribution is -2.19. The maximum absolute atomic E-state index is 13.4. The number of aromatic hydroxyl groups is 1. The Labute approximate surface area is 114 Å². The highest BCUT2D eigenvalue weighted by atomic mass is 19.1. The molecule has 104 valence electrons. The highest BCUT2D eigenvalue weighted by molar-refractivity contribution is 5.39. The Balaban J connectivity index is 1.96. The van der Waals surface area contributed by atoms with Gasteiger partial charge in [0, 0.05) is 18.1 Å². The summed E-state index contributed by atoms with van der Waals surface area (Å²) < 4.78 is 32.2. The van der Waals surface area contributed by atoms with Gasteiger partial charge in [0.05, 0.1) is 6.10 Å². The molecule has 0 saturated heterocycles. The van der Waals surface area contributed by atoms with Crippen LogP contribution in [0.5, 0.6) is 11.5 Å². The van der Waals surface area contributed by atoms with Gasteiger partial charge in [0.15, 0.2) is 11.6 Å². The van der Waals surface area contributed by atoms with E-state index in [9.17, 15) is 19.0 Å². The summed E-state index contributed by atoms with van der Waals surface area (Å²) in [5.41, 5.74) is 0.996. The number of aliphatic hydroxyl groups excluding tert-OH is 1. The van der Waals surface area contributed by atoms with Crippen LogP contribution in [0.1, 0.15) is 29.8 Å². The normalized spacial score (nSPS) is 21.1. The first-order chi connectivity index (χ1) is 9.54. The van der Waals surface area contributed by atoms with Crippen LogP contribution < -0.4 is 4.74 Å². The molecule has 20 heavy (non-hydrogen) atoms. The smallest absolute Gasteiger partial charge is 0.165 e. The second kappa shape index (κ2) is 4.76. The molecular weight excluding hydrogens is 266 g/mol. The van der Waals surface area contributed by atoms with Gasteiger partial charge in [-0.3, -0.25) is 0 Å². The van der Waals surface area contributed by atoms with Crippen molar-refractivity contribution in [2.45, 2.75) is 18.6 Å². The third kappa shape index (κ3) is 2.20. The van der Waals surface area contributed by atoms with Crippen LogP contribution in [0.4, 0.5) is 8.78 Å². The fourth-order valence-electron chi connectivity index (χ4n) is 2.34. The van der Waals surface area contributed by atoms with Crippen LogP contribution in [0.2, 0.25) is 0 Å². The molecule has 0 aromatic heterocycles. The van der Waals surface area contributed by atoms with Crippen LogP contribution in [-0.4, -0.2) is 10.2 Å². The highest BCUT2D eigenvalue weighted by Gasteiger charge is 2.28. The maximum Gasteiger partial charge on any atom is 0.165 e. The molecule has 1 aliphatic heterocycles. The average molecular weight is 278 g/mol. The SMILES string of the molecule is Oc1ccc(C2CC(O)c3ccc(F)cc3O2)cc1F. The van der Waals surface area contributed by atoms with Crippen molar-refractivity contribution in [1.29, 1.82) is 0 Å². The third-order valence-corrected chi connectivity index (χ3v) is 3.38.